The maximum atomic E-state index is 11.6. The van der Waals surface area contributed by atoms with Crippen LogP contribution in [-0.4, -0.2) is 43.5 Å². The molecule has 24 heavy (non-hydrogen) atoms. The molecule has 7 heteroatoms. The lowest BCUT2D eigenvalue weighted by atomic mass is 10.1. The Labute approximate surface area is 142 Å². The van der Waals surface area contributed by atoms with E-state index >= 15 is 0 Å². The molecule has 1 aliphatic rings. The minimum absolute atomic E-state index is 0.0676. The molecule has 0 amide bonds. The first kappa shape index (κ1) is 16.7. The predicted molar refractivity (Wildman–Crippen MR) is 96.8 cm³/mol. The molecular weight excluding hydrogens is 324 g/mol. The van der Waals surface area contributed by atoms with Crippen molar-refractivity contribution in [3.63, 3.8) is 0 Å². The number of para-hydroxylation sites is 1. The Morgan fingerprint density at radius 1 is 1.33 bits per heavy atom. The molecule has 6 nitrogen and oxygen atoms in total. The Hall–Kier alpha value is -2.15. The highest BCUT2D eigenvalue weighted by atomic mass is 32.2. The summed E-state index contributed by atoms with van der Waals surface area (Å²) < 4.78 is 23.2. The third-order valence-corrected chi connectivity index (χ3v) is 5.83. The number of nitrogens with one attached hydrogen (secondary N) is 2. The van der Waals surface area contributed by atoms with Gasteiger partial charge >= 0.3 is 0 Å². The summed E-state index contributed by atoms with van der Waals surface area (Å²) in [5.41, 5.74) is 2.04. The van der Waals surface area contributed by atoms with Crippen molar-refractivity contribution in [3.8, 4) is 0 Å². The van der Waals surface area contributed by atoms with Crippen LogP contribution < -0.4 is 10.6 Å². The van der Waals surface area contributed by atoms with Gasteiger partial charge in [-0.05, 0) is 31.0 Å². The summed E-state index contributed by atoms with van der Waals surface area (Å²) >= 11 is 0. The van der Waals surface area contributed by atoms with Crippen LogP contribution >= 0.6 is 0 Å². The van der Waals surface area contributed by atoms with Crippen molar-refractivity contribution < 1.29 is 8.42 Å². The molecule has 1 atom stereocenters. The average Bonchev–Trinajstić information content (AvgIpc) is 2.91. The van der Waals surface area contributed by atoms with Crippen molar-refractivity contribution in [2.75, 3.05) is 18.1 Å². The second-order valence-corrected chi connectivity index (χ2v) is 8.16. The van der Waals surface area contributed by atoms with Gasteiger partial charge in [-0.1, -0.05) is 18.2 Å². The van der Waals surface area contributed by atoms with Crippen molar-refractivity contribution in [2.45, 2.75) is 25.9 Å². The van der Waals surface area contributed by atoms with Gasteiger partial charge in [-0.3, -0.25) is 4.98 Å². The third-order valence-electron chi connectivity index (χ3n) is 4.06. The molecular formula is C17H22N4O2S. The first-order valence-corrected chi connectivity index (χ1v) is 9.97. The molecule has 1 aromatic heterocycles. The van der Waals surface area contributed by atoms with Crippen molar-refractivity contribution in [1.82, 2.24) is 15.6 Å². The maximum absolute atomic E-state index is 11.6. The maximum Gasteiger partial charge on any atom is 0.191 e. The molecule has 1 saturated heterocycles. The zero-order chi connectivity index (χ0) is 17.0. The largest absolute Gasteiger partial charge is 0.357 e. The first-order chi connectivity index (χ1) is 11.6. The molecule has 1 unspecified atom stereocenters. The number of rotatable bonds is 4. The molecule has 128 valence electrons. The van der Waals surface area contributed by atoms with E-state index in [1.807, 2.05) is 37.3 Å². The quantitative estimate of drug-likeness (QED) is 0.647. The number of hydrogen-bond acceptors (Lipinski definition) is 4. The van der Waals surface area contributed by atoms with Gasteiger partial charge in [0.15, 0.2) is 15.8 Å². The molecule has 2 aromatic rings. The van der Waals surface area contributed by atoms with Crippen molar-refractivity contribution >= 4 is 26.7 Å². The van der Waals surface area contributed by atoms with Gasteiger partial charge in [0.1, 0.15) is 0 Å². The van der Waals surface area contributed by atoms with Crippen LogP contribution in [0.25, 0.3) is 10.9 Å². The van der Waals surface area contributed by atoms with E-state index in [1.165, 1.54) is 0 Å². The summed E-state index contributed by atoms with van der Waals surface area (Å²) in [5, 5.41) is 7.50. The summed E-state index contributed by atoms with van der Waals surface area (Å²) in [6, 6.07) is 9.88. The predicted octanol–water partition coefficient (Wildman–Crippen LogP) is 1.48. The zero-order valence-electron chi connectivity index (χ0n) is 13.7. The van der Waals surface area contributed by atoms with Gasteiger partial charge in [0.2, 0.25) is 0 Å². The standard InChI is InChI=1S/C17H22N4O2S/c1-2-18-17(21-14-8-10-24(22,23)12-14)20-11-13-7-9-19-16-6-4-3-5-15(13)16/h3-7,9,14H,2,8,10-12H2,1H3,(H2,18,20,21). The van der Waals surface area contributed by atoms with Crippen molar-refractivity contribution in [2.24, 2.45) is 4.99 Å². The first-order valence-electron chi connectivity index (χ1n) is 8.15. The molecule has 1 aromatic carbocycles. The highest BCUT2D eigenvalue weighted by molar-refractivity contribution is 7.91. The molecule has 0 saturated carbocycles. The number of sulfone groups is 1. The third kappa shape index (κ3) is 4.03. The SMILES string of the molecule is CCNC(=NCc1ccnc2ccccc12)NC1CCS(=O)(=O)C1. The highest BCUT2D eigenvalue weighted by Gasteiger charge is 2.28. The lowest BCUT2D eigenvalue weighted by molar-refractivity contribution is 0.599. The number of aromatic nitrogens is 1. The van der Waals surface area contributed by atoms with Crippen LogP contribution in [0.4, 0.5) is 0 Å². The van der Waals surface area contributed by atoms with Crippen molar-refractivity contribution in [1.29, 1.82) is 0 Å². The monoisotopic (exact) mass is 346 g/mol. The molecule has 1 fully saturated rings. The number of aliphatic imine (C=N–C) groups is 1. The van der Waals surface area contributed by atoms with E-state index < -0.39 is 9.84 Å². The van der Waals surface area contributed by atoms with Gasteiger partial charge in [-0.25, -0.2) is 13.4 Å². The molecule has 0 spiro atoms. The fourth-order valence-electron chi connectivity index (χ4n) is 2.88. The van der Waals surface area contributed by atoms with Crippen molar-refractivity contribution in [3.05, 3.63) is 42.1 Å². The van der Waals surface area contributed by atoms with E-state index in [0.29, 0.717) is 18.9 Å². The molecule has 0 bridgehead atoms. The van der Waals surface area contributed by atoms with Gasteiger partial charge in [-0.15, -0.1) is 0 Å². The number of fused-ring (bicyclic) bond motifs is 1. The Kier molecular flexibility index (Phi) is 4.99. The smallest absolute Gasteiger partial charge is 0.191 e. The summed E-state index contributed by atoms with van der Waals surface area (Å²) in [7, 11) is -2.91. The highest BCUT2D eigenvalue weighted by Crippen LogP contribution is 2.17. The van der Waals surface area contributed by atoms with Crippen LogP contribution in [0.2, 0.25) is 0 Å². The fourth-order valence-corrected chi connectivity index (χ4v) is 4.55. The van der Waals surface area contributed by atoms with Gasteiger partial charge in [0, 0.05) is 24.2 Å². The zero-order valence-corrected chi connectivity index (χ0v) is 14.5. The van der Waals surface area contributed by atoms with Crippen LogP contribution in [0.15, 0.2) is 41.5 Å². The van der Waals surface area contributed by atoms with E-state index in [1.54, 1.807) is 6.20 Å². The molecule has 3 rings (SSSR count). The average molecular weight is 346 g/mol. The second-order valence-electron chi connectivity index (χ2n) is 5.93. The van der Waals surface area contributed by atoms with Crippen LogP contribution in [-0.2, 0) is 16.4 Å². The fraction of sp³-hybridized carbons (Fsp3) is 0.412. The summed E-state index contributed by atoms with van der Waals surface area (Å²) in [4.78, 5) is 8.97. The minimum atomic E-state index is -2.91. The minimum Gasteiger partial charge on any atom is -0.357 e. The number of hydrogen-bond donors (Lipinski definition) is 2. The second kappa shape index (κ2) is 7.17. The van der Waals surface area contributed by atoms with Crippen LogP contribution in [0.1, 0.15) is 18.9 Å². The van der Waals surface area contributed by atoms with E-state index in [4.69, 9.17) is 0 Å². The number of pyridine rings is 1. The number of guanidine groups is 1. The normalized spacial score (nSPS) is 20.2. The van der Waals surface area contributed by atoms with Crippen LogP contribution in [0.5, 0.6) is 0 Å². The molecule has 1 aliphatic heterocycles. The lowest BCUT2D eigenvalue weighted by Crippen LogP contribution is -2.44. The number of nitrogens with zero attached hydrogens (tertiary/aromatic N) is 2. The van der Waals surface area contributed by atoms with Crippen LogP contribution in [0, 0.1) is 0 Å². The Morgan fingerprint density at radius 2 is 2.17 bits per heavy atom. The molecule has 0 aliphatic carbocycles. The van der Waals surface area contributed by atoms with E-state index in [-0.39, 0.29) is 17.5 Å². The molecule has 2 N–H and O–H groups in total. The van der Waals surface area contributed by atoms with E-state index in [0.717, 1.165) is 23.0 Å². The van der Waals surface area contributed by atoms with Crippen LogP contribution in [0.3, 0.4) is 0 Å². The topological polar surface area (TPSA) is 83.4 Å². The Balaban J connectivity index is 1.76. The molecule has 0 radical (unpaired) electrons. The Morgan fingerprint density at radius 3 is 2.92 bits per heavy atom. The van der Waals surface area contributed by atoms with Gasteiger partial charge in [0.25, 0.3) is 0 Å². The summed E-state index contributed by atoms with van der Waals surface area (Å²) in [6.45, 7) is 3.23. The van der Waals surface area contributed by atoms with Gasteiger partial charge in [0.05, 0.1) is 23.6 Å². The van der Waals surface area contributed by atoms with Gasteiger partial charge in [-0.2, -0.15) is 0 Å². The van der Waals surface area contributed by atoms with E-state index in [9.17, 15) is 8.42 Å². The lowest BCUT2D eigenvalue weighted by Gasteiger charge is -2.16. The summed E-state index contributed by atoms with van der Waals surface area (Å²) in [6.07, 6.45) is 2.42. The van der Waals surface area contributed by atoms with E-state index in [2.05, 4.69) is 20.6 Å². The number of benzene rings is 1. The summed E-state index contributed by atoms with van der Waals surface area (Å²) in [5.74, 6) is 1.08. The van der Waals surface area contributed by atoms with Gasteiger partial charge < -0.3 is 10.6 Å². The molecule has 2 heterocycles. The Bertz CT molecular complexity index is 843.